The van der Waals surface area contributed by atoms with Crippen molar-refractivity contribution >= 4 is 5.97 Å². The van der Waals surface area contributed by atoms with Gasteiger partial charge in [0.1, 0.15) is 22.8 Å². The van der Waals surface area contributed by atoms with Crippen LogP contribution in [0.3, 0.4) is 0 Å². The summed E-state index contributed by atoms with van der Waals surface area (Å²) in [5, 5.41) is 11.4. The van der Waals surface area contributed by atoms with E-state index in [0.717, 1.165) is 49.0 Å². The van der Waals surface area contributed by atoms with Gasteiger partial charge in [0.25, 0.3) is 0 Å². The molecule has 2 aromatic rings. The maximum atomic E-state index is 13.2. The summed E-state index contributed by atoms with van der Waals surface area (Å²) in [6, 6.07) is 11.9. The zero-order valence-corrected chi connectivity index (χ0v) is 19.7. The number of esters is 1. The molecule has 0 spiro atoms. The lowest BCUT2D eigenvalue weighted by Crippen LogP contribution is -2.26. The number of benzene rings is 2. The molecule has 2 atom stereocenters. The summed E-state index contributed by atoms with van der Waals surface area (Å²) < 4.78 is 11.8. The molecule has 174 valence electrons. The van der Waals surface area contributed by atoms with Gasteiger partial charge in [-0.1, -0.05) is 68.3 Å². The zero-order chi connectivity index (χ0) is 23.4. The summed E-state index contributed by atoms with van der Waals surface area (Å²) in [5.74, 6) is 0.994. The van der Waals surface area contributed by atoms with Gasteiger partial charge in [-0.2, -0.15) is 0 Å². The molecule has 1 N–H and O–H groups in total. The predicted molar refractivity (Wildman–Crippen MR) is 131 cm³/mol. The van der Waals surface area contributed by atoms with E-state index in [9.17, 15) is 9.90 Å². The van der Waals surface area contributed by atoms with E-state index in [1.165, 1.54) is 5.57 Å². The predicted octanol–water partition coefficient (Wildman–Crippen LogP) is 6.87. The van der Waals surface area contributed by atoms with Gasteiger partial charge in [0, 0.05) is 23.8 Å². The number of unbranched alkanes of at least 4 members (excludes halogenated alkanes) is 2. The second kappa shape index (κ2) is 10.3. The highest BCUT2D eigenvalue weighted by molar-refractivity contribution is 5.95. The first-order chi connectivity index (χ1) is 16.0. The Morgan fingerprint density at radius 3 is 2.76 bits per heavy atom. The molecule has 0 radical (unpaired) electrons. The van der Waals surface area contributed by atoms with Crippen molar-refractivity contribution in [2.24, 2.45) is 5.92 Å². The van der Waals surface area contributed by atoms with Gasteiger partial charge in [0.2, 0.25) is 0 Å². The average Bonchev–Trinajstić information content (AvgIpc) is 2.79. The molecule has 1 heterocycles. The van der Waals surface area contributed by atoms with Gasteiger partial charge in [-0.3, -0.25) is 0 Å². The van der Waals surface area contributed by atoms with Crippen LogP contribution in [0, 0.1) is 5.92 Å². The van der Waals surface area contributed by atoms with E-state index in [4.69, 9.17) is 9.47 Å². The number of ether oxygens (including phenoxy) is 2. The Bertz CT molecular complexity index is 1050. The Morgan fingerprint density at radius 1 is 1.21 bits per heavy atom. The maximum absolute atomic E-state index is 13.2. The topological polar surface area (TPSA) is 55.8 Å². The van der Waals surface area contributed by atoms with Gasteiger partial charge < -0.3 is 14.6 Å². The number of carbonyl (C=O) groups excluding carboxylic acids is 1. The summed E-state index contributed by atoms with van der Waals surface area (Å²) in [7, 11) is 0. The molecule has 33 heavy (non-hydrogen) atoms. The van der Waals surface area contributed by atoms with Crippen molar-refractivity contribution in [3.8, 4) is 11.5 Å². The van der Waals surface area contributed by atoms with Crippen molar-refractivity contribution < 1.29 is 19.4 Å². The number of carbonyl (C=O) groups is 1. The summed E-state index contributed by atoms with van der Waals surface area (Å²) in [5.41, 5.74) is 4.17. The molecule has 0 amide bonds. The third-order valence-electron chi connectivity index (χ3n) is 6.84. The van der Waals surface area contributed by atoms with Crippen LogP contribution >= 0.6 is 0 Å². The number of allylic oxidation sites excluding steroid dienone is 3. The van der Waals surface area contributed by atoms with Crippen molar-refractivity contribution in [3.63, 3.8) is 0 Å². The van der Waals surface area contributed by atoms with Crippen LogP contribution < -0.4 is 4.74 Å². The Morgan fingerprint density at radius 2 is 2.00 bits per heavy atom. The van der Waals surface area contributed by atoms with Gasteiger partial charge in [-0.15, -0.1) is 0 Å². The summed E-state index contributed by atoms with van der Waals surface area (Å²) in [4.78, 5) is 13.2. The largest absolute Gasteiger partial charge is 0.507 e. The molecule has 0 saturated carbocycles. The molecule has 4 heteroatoms. The van der Waals surface area contributed by atoms with Crippen molar-refractivity contribution in [2.45, 2.75) is 64.7 Å². The van der Waals surface area contributed by atoms with E-state index in [1.54, 1.807) is 0 Å². The third kappa shape index (κ3) is 5.00. The quantitative estimate of drug-likeness (QED) is 0.273. The molecule has 0 saturated heterocycles. The third-order valence-corrected chi connectivity index (χ3v) is 6.84. The maximum Gasteiger partial charge on any atom is 0.342 e. The lowest BCUT2D eigenvalue weighted by atomic mass is 9.73. The summed E-state index contributed by atoms with van der Waals surface area (Å²) >= 11 is 0. The van der Waals surface area contributed by atoms with Gasteiger partial charge in [0.15, 0.2) is 0 Å². The van der Waals surface area contributed by atoms with Gasteiger partial charge in [-0.25, -0.2) is 4.79 Å². The van der Waals surface area contributed by atoms with Crippen LogP contribution in [0.25, 0.3) is 0 Å². The summed E-state index contributed by atoms with van der Waals surface area (Å²) in [6.07, 6.45) is 8.51. The van der Waals surface area contributed by atoms with E-state index in [-0.39, 0.29) is 24.2 Å². The van der Waals surface area contributed by atoms with Gasteiger partial charge in [-0.05, 0) is 49.8 Å². The smallest absolute Gasteiger partial charge is 0.342 e. The molecular formula is C29H34O4. The standard InChI is InChI=1S/C29H34O4/c1-4-5-7-12-22-18-25-27(24-17-19(2)13-14-23(24)20(3)33-25)28(30)26(22)29(31)32-16-15-21-10-8-6-9-11-21/h6,8-11,17-18,23-24,30H,3-5,7,12-16H2,1-2H3/t23-,24+/m0/s1. The van der Waals surface area contributed by atoms with E-state index in [1.807, 2.05) is 36.4 Å². The van der Waals surface area contributed by atoms with Crippen molar-refractivity contribution in [2.75, 3.05) is 6.61 Å². The number of hydrogen-bond acceptors (Lipinski definition) is 4. The number of rotatable bonds is 8. The molecule has 0 aromatic heterocycles. The first-order valence-electron chi connectivity index (χ1n) is 12.1. The molecule has 1 aliphatic carbocycles. The lowest BCUT2D eigenvalue weighted by molar-refractivity contribution is 0.0504. The van der Waals surface area contributed by atoms with Crippen LogP contribution in [0.4, 0.5) is 0 Å². The summed E-state index contributed by atoms with van der Waals surface area (Å²) in [6.45, 7) is 8.69. The highest BCUT2D eigenvalue weighted by Gasteiger charge is 2.39. The second-order valence-electron chi connectivity index (χ2n) is 9.25. The minimum Gasteiger partial charge on any atom is -0.507 e. The monoisotopic (exact) mass is 446 g/mol. The van der Waals surface area contributed by atoms with E-state index in [0.29, 0.717) is 29.7 Å². The van der Waals surface area contributed by atoms with Crippen molar-refractivity contribution in [1.82, 2.24) is 0 Å². The van der Waals surface area contributed by atoms with Crippen LogP contribution in [-0.4, -0.2) is 17.7 Å². The number of fused-ring (bicyclic) bond motifs is 3. The Hall–Kier alpha value is -3.01. The minimum absolute atomic E-state index is 0.0113. The fourth-order valence-electron chi connectivity index (χ4n) is 5.02. The Kier molecular flexibility index (Phi) is 7.22. The second-order valence-corrected chi connectivity index (χ2v) is 9.25. The number of aryl methyl sites for hydroxylation is 1. The van der Waals surface area contributed by atoms with Crippen LogP contribution in [0.2, 0.25) is 0 Å². The Balaban J connectivity index is 1.66. The molecule has 4 nitrogen and oxygen atoms in total. The first kappa shape index (κ1) is 23.2. The number of phenolic OH excluding ortho intramolecular Hbond substituents is 1. The van der Waals surface area contributed by atoms with E-state index in [2.05, 4.69) is 26.5 Å². The van der Waals surface area contributed by atoms with Crippen LogP contribution in [0.1, 0.15) is 78.9 Å². The molecular weight excluding hydrogens is 412 g/mol. The normalized spacial score (nSPS) is 19.2. The Labute approximate surface area is 196 Å². The molecule has 0 unspecified atom stereocenters. The fourth-order valence-corrected chi connectivity index (χ4v) is 5.02. The van der Waals surface area contributed by atoms with Crippen LogP contribution in [-0.2, 0) is 17.6 Å². The van der Waals surface area contributed by atoms with Gasteiger partial charge in [0.05, 0.1) is 6.61 Å². The highest BCUT2D eigenvalue weighted by Crippen LogP contribution is 2.52. The minimum atomic E-state index is -0.463. The van der Waals surface area contributed by atoms with Crippen molar-refractivity contribution in [1.29, 1.82) is 0 Å². The van der Waals surface area contributed by atoms with E-state index >= 15 is 0 Å². The average molecular weight is 447 g/mol. The van der Waals surface area contributed by atoms with Gasteiger partial charge >= 0.3 is 5.97 Å². The van der Waals surface area contributed by atoms with E-state index < -0.39 is 5.97 Å². The van der Waals surface area contributed by atoms with Crippen LogP contribution in [0.5, 0.6) is 11.5 Å². The molecule has 4 rings (SSSR count). The molecule has 0 bridgehead atoms. The zero-order valence-electron chi connectivity index (χ0n) is 19.7. The molecule has 1 aliphatic heterocycles. The lowest BCUT2D eigenvalue weighted by Gasteiger charge is -2.37. The highest BCUT2D eigenvalue weighted by atomic mass is 16.5. The molecule has 2 aliphatic rings. The number of hydrogen-bond donors (Lipinski definition) is 1. The molecule has 2 aromatic carbocycles. The fraction of sp³-hybridized carbons (Fsp3) is 0.414. The first-order valence-corrected chi connectivity index (χ1v) is 12.1. The number of phenols is 1. The van der Waals surface area contributed by atoms with Crippen LogP contribution in [0.15, 0.2) is 60.4 Å². The van der Waals surface area contributed by atoms with Crippen molar-refractivity contribution in [3.05, 3.63) is 82.6 Å². The SMILES string of the molecule is C=C1Oc2cc(CCCCC)c(C(=O)OCCc3ccccc3)c(O)c2[C@@H]2C=C(C)CC[C@@H]12. The number of aromatic hydroxyl groups is 1. The molecule has 0 fully saturated rings.